The number of hydrogen-bond acceptors (Lipinski definition) is 4. The zero-order valence-corrected chi connectivity index (χ0v) is 12.7. The van der Waals surface area contributed by atoms with Crippen molar-refractivity contribution in [3.8, 4) is 5.75 Å². The lowest BCUT2D eigenvalue weighted by atomic mass is 10.1. The van der Waals surface area contributed by atoms with Crippen LogP contribution in [-0.4, -0.2) is 19.2 Å². The molecule has 0 bridgehead atoms. The van der Waals surface area contributed by atoms with Gasteiger partial charge in [-0.25, -0.2) is 4.79 Å². The van der Waals surface area contributed by atoms with Crippen molar-refractivity contribution in [3.05, 3.63) is 27.9 Å². The Morgan fingerprint density at radius 1 is 1.32 bits per heavy atom. The Kier molecular flexibility index (Phi) is 4.14. The number of halogens is 1. The van der Waals surface area contributed by atoms with E-state index in [1.165, 1.54) is 0 Å². The third-order valence-electron chi connectivity index (χ3n) is 2.75. The van der Waals surface area contributed by atoms with E-state index in [1.807, 2.05) is 19.9 Å². The number of esters is 1. The predicted molar refractivity (Wildman–Crippen MR) is 75.8 cm³/mol. The Hall–Kier alpha value is -1.49. The molecule has 0 amide bonds. The highest BCUT2D eigenvalue weighted by Crippen LogP contribution is 2.38. The topological polar surface area (TPSA) is 48.7 Å². The molecular formula is C14H15BrO4. The van der Waals surface area contributed by atoms with Gasteiger partial charge in [-0.2, -0.15) is 0 Å². The number of ether oxygens (including phenoxy) is 2. The molecule has 0 aliphatic carbocycles. The van der Waals surface area contributed by atoms with Crippen LogP contribution >= 0.6 is 15.9 Å². The predicted octanol–water partition coefficient (Wildman–Crippen LogP) is 4.08. The third-order valence-corrected chi connectivity index (χ3v) is 3.37. The monoisotopic (exact) mass is 326 g/mol. The van der Waals surface area contributed by atoms with Crippen LogP contribution in [0.4, 0.5) is 0 Å². The summed E-state index contributed by atoms with van der Waals surface area (Å²) in [6.07, 6.45) is 0. The molecule has 1 heterocycles. The average Bonchev–Trinajstić information content (AvgIpc) is 2.71. The van der Waals surface area contributed by atoms with Crippen molar-refractivity contribution in [1.29, 1.82) is 0 Å². The van der Waals surface area contributed by atoms with Gasteiger partial charge in [0.25, 0.3) is 0 Å². The molecule has 5 heteroatoms. The van der Waals surface area contributed by atoms with E-state index in [0.29, 0.717) is 24.5 Å². The first kappa shape index (κ1) is 13.9. The number of benzene rings is 1. The first-order valence-corrected chi connectivity index (χ1v) is 6.90. The molecule has 4 nitrogen and oxygen atoms in total. The molecule has 102 valence electrons. The molecule has 0 radical (unpaired) electrons. The normalized spacial score (nSPS) is 10.7. The van der Waals surface area contributed by atoms with E-state index in [-0.39, 0.29) is 5.76 Å². The highest BCUT2D eigenvalue weighted by Gasteiger charge is 2.22. The fourth-order valence-corrected chi connectivity index (χ4v) is 2.40. The van der Waals surface area contributed by atoms with Crippen molar-refractivity contribution in [1.82, 2.24) is 0 Å². The van der Waals surface area contributed by atoms with Gasteiger partial charge in [-0.3, -0.25) is 0 Å². The minimum Gasteiger partial charge on any atom is -0.492 e. The zero-order valence-electron chi connectivity index (χ0n) is 11.1. The molecule has 19 heavy (non-hydrogen) atoms. The van der Waals surface area contributed by atoms with Crippen LogP contribution in [0.1, 0.15) is 30.0 Å². The van der Waals surface area contributed by atoms with Crippen molar-refractivity contribution >= 4 is 32.9 Å². The summed E-state index contributed by atoms with van der Waals surface area (Å²) in [5.41, 5.74) is 1.35. The van der Waals surface area contributed by atoms with Gasteiger partial charge in [0.2, 0.25) is 5.76 Å². The van der Waals surface area contributed by atoms with Gasteiger partial charge in [0.05, 0.1) is 23.1 Å². The lowest BCUT2D eigenvalue weighted by molar-refractivity contribution is 0.0491. The summed E-state index contributed by atoms with van der Waals surface area (Å²) in [4.78, 5) is 11.8. The minimum absolute atomic E-state index is 0.232. The number of aryl methyl sites for hydroxylation is 1. The van der Waals surface area contributed by atoms with Crippen LogP contribution in [-0.2, 0) is 4.74 Å². The maximum Gasteiger partial charge on any atom is 0.374 e. The largest absolute Gasteiger partial charge is 0.492 e. The maximum atomic E-state index is 11.8. The smallest absolute Gasteiger partial charge is 0.374 e. The number of carbonyl (C=O) groups is 1. The Morgan fingerprint density at radius 2 is 2.05 bits per heavy atom. The molecule has 0 spiro atoms. The lowest BCUT2D eigenvalue weighted by Crippen LogP contribution is -2.04. The third kappa shape index (κ3) is 2.47. The zero-order chi connectivity index (χ0) is 14.0. The molecular weight excluding hydrogens is 312 g/mol. The number of furan rings is 1. The molecule has 0 aliphatic rings. The molecule has 0 unspecified atom stereocenters. The summed E-state index contributed by atoms with van der Waals surface area (Å²) < 4.78 is 17.0. The van der Waals surface area contributed by atoms with Crippen LogP contribution < -0.4 is 4.74 Å². The van der Waals surface area contributed by atoms with Gasteiger partial charge in [0, 0.05) is 5.56 Å². The van der Waals surface area contributed by atoms with Gasteiger partial charge >= 0.3 is 5.97 Å². The van der Waals surface area contributed by atoms with E-state index in [0.717, 1.165) is 15.4 Å². The molecule has 0 aliphatic heterocycles. The molecule has 2 rings (SSSR count). The summed E-state index contributed by atoms with van der Waals surface area (Å²) in [5, 5.41) is 0.805. The Morgan fingerprint density at radius 3 is 2.68 bits per heavy atom. The van der Waals surface area contributed by atoms with Gasteiger partial charge in [0.1, 0.15) is 11.3 Å². The van der Waals surface area contributed by atoms with E-state index in [4.69, 9.17) is 13.9 Å². The summed E-state index contributed by atoms with van der Waals surface area (Å²) in [6.45, 7) is 6.35. The maximum absolute atomic E-state index is 11.8. The van der Waals surface area contributed by atoms with Gasteiger partial charge in [0.15, 0.2) is 0 Å². The van der Waals surface area contributed by atoms with Gasteiger partial charge in [-0.15, -0.1) is 0 Å². The van der Waals surface area contributed by atoms with Crippen molar-refractivity contribution < 1.29 is 18.7 Å². The summed E-state index contributed by atoms with van der Waals surface area (Å²) >= 11 is 3.45. The van der Waals surface area contributed by atoms with Crippen LogP contribution in [0, 0.1) is 6.92 Å². The van der Waals surface area contributed by atoms with Crippen LogP contribution in [0.3, 0.4) is 0 Å². The summed E-state index contributed by atoms with van der Waals surface area (Å²) in [6, 6.07) is 3.64. The van der Waals surface area contributed by atoms with E-state index in [2.05, 4.69) is 15.9 Å². The Bertz CT molecular complexity index is 615. The fraction of sp³-hybridized carbons (Fsp3) is 0.357. The molecule has 2 aromatic rings. The Labute approximate surface area is 119 Å². The van der Waals surface area contributed by atoms with Crippen molar-refractivity contribution in [2.75, 3.05) is 13.2 Å². The van der Waals surface area contributed by atoms with E-state index >= 15 is 0 Å². The molecule has 0 atom stereocenters. The molecule has 1 aromatic heterocycles. The second-order valence-corrected chi connectivity index (χ2v) is 4.81. The van der Waals surface area contributed by atoms with E-state index in [1.54, 1.807) is 13.0 Å². The van der Waals surface area contributed by atoms with E-state index in [9.17, 15) is 4.79 Å². The highest BCUT2D eigenvalue weighted by atomic mass is 79.9. The van der Waals surface area contributed by atoms with Crippen LogP contribution in [0.25, 0.3) is 11.0 Å². The molecule has 0 saturated heterocycles. The van der Waals surface area contributed by atoms with Crippen LogP contribution in [0.5, 0.6) is 5.75 Å². The molecule has 1 aromatic carbocycles. The highest BCUT2D eigenvalue weighted by molar-refractivity contribution is 9.10. The SMILES string of the molecule is CCOC(=O)c1oc2ccc(Br)c(OCC)c2c1C. The Balaban J connectivity index is 2.63. The average molecular weight is 327 g/mol. The standard InChI is InChI=1S/C14H15BrO4/c1-4-17-13-9(15)6-7-10-11(13)8(3)12(19-10)14(16)18-5-2/h6-7H,4-5H2,1-3H3. The quantitative estimate of drug-likeness (QED) is 0.794. The first-order chi connectivity index (χ1) is 9.10. The van der Waals surface area contributed by atoms with Gasteiger partial charge < -0.3 is 13.9 Å². The molecule has 0 fully saturated rings. The number of hydrogen-bond donors (Lipinski definition) is 0. The fourth-order valence-electron chi connectivity index (χ4n) is 1.96. The van der Waals surface area contributed by atoms with Crippen LogP contribution in [0.2, 0.25) is 0 Å². The van der Waals surface area contributed by atoms with Crippen LogP contribution in [0.15, 0.2) is 21.0 Å². The second-order valence-electron chi connectivity index (χ2n) is 3.96. The summed E-state index contributed by atoms with van der Waals surface area (Å²) in [5.74, 6) is 0.475. The van der Waals surface area contributed by atoms with Crippen molar-refractivity contribution in [2.45, 2.75) is 20.8 Å². The van der Waals surface area contributed by atoms with Gasteiger partial charge in [-0.05, 0) is 48.8 Å². The summed E-state index contributed by atoms with van der Waals surface area (Å²) in [7, 11) is 0. The number of fused-ring (bicyclic) bond motifs is 1. The minimum atomic E-state index is -0.449. The molecule has 0 saturated carbocycles. The molecule has 0 N–H and O–H groups in total. The second kappa shape index (κ2) is 5.65. The van der Waals surface area contributed by atoms with Gasteiger partial charge in [-0.1, -0.05) is 0 Å². The first-order valence-electron chi connectivity index (χ1n) is 6.11. The number of carbonyl (C=O) groups excluding carboxylic acids is 1. The van der Waals surface area contributed by atoms with Crippen molar-refractivity contribution in [3.63, 3.8) is 0 Å². The number of rotatable bonds is 4. The lowest BCUT2D eigenvalue weighted by Gasteiger charge is -2.07. The van der Waals surface area contributed by atoms with Crippen molar-refractivity contribution in [2.24, 2.45) is 0 Å². The van der Waals surface area contributed by atoms with E-state index < -0.39 is 5.97 Å².